The van der Waals surface area contributed by atoms with E-state index in [0.717, 1.165) is 24.5 Å². The van der Waals surface area contributed by atoms with Crippen LogP contribution in [0.1, 0.15) is 47.3 Å². The van der Waals surface area contributed by atoms with Gasteiger partial charge in [-0.25, -0.2) is 22.2 Å². The number of nitrogens with one attached hydrogen (secondary N) is 1. The van der Waals surface area contributed by atoms with E-state index in [1.165, 1.54) is 7.11 Å². The zero-order valence-electron chi connectivity index (χ0n) is 18.9. The molecule has 0 amide bonds. The van der Waals surface area contributed by atoms with Crippen LogP contribution in [0.15, 0.2) is 24.5 Å². The van der Waals surface area contributed by atoms with Crippen molar-refractivity contribution in [2.75, 3.05) is 18.2 Å². The Kier molecular flexibility index (Phi) is 6.80. The summed E-state index contributed by atoms with van der Waals surface area (Å²) in [6.07, 6.45) is 3.68. The lowest BCUT2D eigenvalue weighted by Crippen LogP contribution is -2.36. The van der Waals surface area contributed by atoms with E-state index in [0.29, 0.717) is 29.9 Å². The molecule has 36 heavy (non-hydrogen) atoms. The maximum atomic E-state index is 14.3. The third kappa shape index (κ3) is 4.67. The van der Waals surface area contributed by atoms with Crippen LogP contribution in [0.5, 0.6) is 5.75 Å². The maximum Gasteiger partial charge on any atom is 0.272 e. The predicted octanol–water partition coefficient (Wildman–Crippen LogP) is 1.64. The van der Waals surface area contributed by atoms with Crippen molar-refractivity contribution >= 4 is 27.6 Å². The van der Waals surface area contributed by atoms with Crippen molar-refractivity contribution in [3.05, 3.63) is 53.0 Å². The lowest BCUT2D eigenvalue weighted by atomic mass is 9.95. The highest BCUT2D eigenvalue weighted by molar-refractivity contribution is 7.90. The number of nitrogen functional groups attached to an aromatic ring is 1. The lowest BCUT2D eigenvalue weighted by molar-refractivity contribution is 0.103. The summed E-state index contributed by atoms with van der Waals surface area (Å²) in [5, 5.41) is 18.5. The zero-order valence-corrected chi connectivity index (χ0v) is 19.7. The second kappa shape index (κ2) is 9.82. The van der Waals surface area contributed by atoms with Crippen molar-refractivity contribution in [3.63, 3.8) is 0 Å². The number of carbonyl (C=O) groups is 1. The Balaban J connectivity index is 1.44. The predicted molar refractivity (Wildman–Crippen MR) is 122 cm³/mol. The van der Waals surface area contributed by atoms with Gasteiger partial charge in [-0.05, 0) is 37.8 Å². The van der Waals surface area contributed by atoms with Gasteiger partial charge in [-0.1, -0.05) is 4.20 Å². The molecule has 12 nitrogen and oxygen atoms in total. The molecule has 0 spiro atoms. The van der Waals surface area contributed by atoms with Crippen molar-refractivity contribution in [1.82, 2.24) is 24.4 Å². The molecular weight excluding hydrogens is 498 g/mol. The van der Waals surface area contributed by atoms with Gasteiger partial charge in [0.2, 0.25) is 11.7 Å². The topological polar surface area (TPSA) is 179 Å². The Morgan fingerprint density at radius 2 is 1.97 bits per heavy atom. The number of benzene rings is 1. The van der Waals surface area contributed by atoms with E-state index in [2.05, 4.69) is 25.5 Å². The molecule has 0 radical (unpaired) electrons. The van der Waals surface area contributed by atoms with E-state index in [4.69, 9.17) is 15.7 Å². The second-order valence-electron chi connectivity index (χ2n) is 7.99. The molecular formula is C21H20F2N8O4S. The van der Waals surface area contributed by atoms with Gasteiger partial charge in [-0.2, -0.15) is 10.2 Å². The monoisotopic (exact) mass is 518 g/mol. The minimum atomic E-state index is -3.85. The number of nitrogens with two attached hydrogens (primary N) is 1. The van der Waals surface area contributed by atoms with Gasteiger partial charge in [0.15, 0.2) is 17.3 Å². The minimum Gasteiger partial charge on any atom is -0.496 e. The summed E-state index contributed by atoms with van der Waals surface area (Å²) in [5.41, 5.74) is 4.96. The number of methoxy groups -OCH3 is 1. The fraction of sp³-hybridized carbons (Fsp3) is 0.333. The molecule has 1 saturated carbocycles. The Bertz CT molecular complexity index is 1460. The molecule has 3 N–H and O–H groups in total. The standard InChI is InChI=1S/C21H20F2N8O4S/c1-35-16-7-6-15(22)18(23)17(16)19(32)14-10-26-21(29-20(14)25)28-11-2-4-13(5-3-11)36(33,34)31-27-9-12(8-24)30-31/h6-7,9-11,13H,2-5H2,1H3,(H3,25,26,28,29). The molecule has 2 aromatic heterocycles. The van der Waals surface area contributed by atoms with Gasteiger partial charge in [-0.3, -0.25) is 4.79 Å². The summed E-state index contributed by atoms with van der Waals surface area (Å²) in [6.45, 7) is 0. The van der Waals surface area contributed by atoms with Gasteiger partial charge in [-0.15, -0.1) is 10.2 Å². The van der Waals surface area contributed by atoms with Gasteiger partial charge in [0.25, 0.3) is 10.0 Å². The number of nitriles is 1. The normalized spacial score (nSPS) is 17.8. The van der Waals surface area contributed by atoms with Crippen LogP contribution < -0.4 is 15.8 Å². The molecule has 0 aliphatic heterocycles. The summed E-state index contributed by atoms with van der Waals surface area (Å²) >= 11 is 0. The number of halogens is 2. The van der Waals surface area contributed by atoms with Gasteiger partial charge >= 0.3 is 0 Å². The van der Waals surface area contributed by atoms with Crippen molar-refractivity contribution in [2.45, 2.75) is 37.0 Å². The Morgan fingerprint density at radius 1 is 1.25 bits per heavy atom. The number of aromatic nitrogens is 5. The van der Waals surface area contributed by atoms with E-state index in [9.17, 15) is 22.0 Å². The average molecular weight is 519 g/mol. The van der Waals surface area contributed by atoms with E-state index in [1.54, 1.807) is 6.07 Å². The molecule has 188 valence electrons. The highest BCUT2D eigenvalue weighted by atomic mass is 32.2. The maximum absolute atomic E-state index is 14.3. The Morgan fingerprint density at radius 3 is 2.58 bits per heavy atom. The summed E-state index contributed by atoms with van der Waals surface area (Å²) in [7, 11) is -2.64. The van der Waals surface area contributed by atoms with E-state index in [-0.39, 0.29) is 34.8 Å². The number of carbonyl (C=O) groups excluding carboxylic acids is 1. The first kappa shape index (κ1) is 24.9. The summed E-state index contributed by atoms with van der Waals surface area (Å²) in [5.74, 6) is -3.86. The van der Waals surface area contributed by atoms with Crippen molar-refractivity contribution in [1.29, 1.82) is 5.26 Å². The molecule has 0 unspecified atom stereocenters. The number of ketones is 1. The van der Waals surface area contributed by atoms with E-state index < -0.39 is 38.3 Å². The zero-order chi connectivity index (χ0) is 26.0. The van der Waals surface area contributed by atoms with Crippen LogP contribution in [0.2, 0.25) is 0 Å². The first-order valence-electron chi connectivity index (χ1n) is 10.7. The van der Waals surface area contributed by atoms with Crippen molar-refractivity contribution in [3.8, 4) is 11.8 Å². The van der Waals surface area contributed by atoms with Gasteiger partial charge in [0.05, 0.1) is 24.1 Å². The minimum absolute atomic E-state index is 0.0921. The second-order valence-corrected chi connectivity index (χ2v) is 10.0. The number of anilines is 2. The number of hydrogen-bond acceptors (Lipinski definition) is 11. The molecule has 0 atom stereocenters. The van der Waals surface area contributed by atoms with E-state index >= 15 is 0 Å². The third-order valence-corrected chi connectivity index (χ3v) is 7.75. The fourth-order valence-corrected chi connectivity index (χ4v) is 5.45. The van der Waals surface area contributed by atoms with Crippen LogP contribution in [0.25, 0.3) is 0 Å². The van der Waals surface area contributed by atoms with Gasteiger partial charge in [0.1, 0.15) is 23.2 Å². The van der Waals surface area contributed by atoms with Crippen LogP contribution in [-0.2, 0) is 10.0 Å². The fourth-order valence-electron chi connectivity index (χ4n) is 3.93. The molecule has 15 heteroatoms. The molecule has 3 aromatic rings. The number of nitrogens with zero attached hydrogens (tertiary/aromatic N) is 6. The van der Waals surface area contributed by atoms with Gasteiger partial charge in [0, 0.05) is 12.2 Å². The van der Waals surface area contributed by atoms with Crippen LogP contribution in [0.4, 0.5) is 20.5 Å². The van der Waals surface area contributed by atoms with E-state index in [1.807, 2.05) is 0 Å². The van der Waals surface area contributed by atoms with Crippen LogP contribution >= 0.6 is 0 Å². The number of rotatable bonds is 7. The highest BCUT2D eigenvalue weighted by Gasteiger charge is 2.34. The molecule has 1 aliphatic rings. The van der Waals surface area contributed by atoms with Crippen LogP contribution in [-0.4, -0.2) is 57.0 Å². The molecule has 4 rings (SSSR count). The number of ether oxygens (including phenoxy) is 1. The molecule has 0 bridgehead atoms. The largest absolute Gasteiger partial charge is 0.496 e. The van der Waals surface area contributed by atoms with Crippen molar-refractivity contribution < 1.29 is 26.7 Å². The van der Waals surface area contributed by atoms with Crippen LogP contribution in [0.3, 0.4) is 0 Å². The molecule has 1 fully saturated rings. The first-order valence-corrected chi connectivity index (χ1v) is 12.2. The highest BCUT2D eigenvalue weighted by Crippen LogP contribution is 2.29. The lowest BCUT2D eigenvalue weighted by Gasteiger charge is -2.28. The van der Waals surface area contributed by atoms with Crippen LogP contribution in [0, 0.1) is 23.0 Å². The van der Waals surface area contributed by atoms with Gasteiger partial charge < -0.3 is 15.8 Å². The first-order chi connectivity index (χ1) is 17.1. The number of hydrogen-bond donors (Lipinski definition) is 2. The summed E-state index contributed by atoms with van der Waals surface area (Å²) in [6, 6.07) is 3.52. The Labute approximate surface area is 204 Å². The summed E-state index contributed by atoms with van der Waals surface area (Å²) < 4.78 is 59.0. The quantitative estimate of drug-likeness (QED) is 0.434. The molecule has 2 heterocycles. The summed E-state index contributed by atoms with van der Waals surface area (Å²) in [4.78, 5) is 21.0. The average Bonchev–Trinajstić information content (AvgIpc) is 3.36. The smallest absolute Gasteiger partial charge is 0.272 e. The SMILES string of the molecule is COc1ccc(F)c(F)c1C(=O)c1cnc(NC2CCC(S(=O)(=O)n3ncc(C#N)n3)CC2)nc1N. The molecule has 0 saturated heterocycles. The Hall–Kier alpha value is -4.19. The molecule has 1 aromatic carbocycles. The third-order valence-electron chi connectivity index (χ3n) is 5.81. The van der Waals surface area contributed by atoms with Crippen molar-refractivity contribution in [2.24, 2.45) is 0 Å². The molecule has 1 aliphatic carbocycles.